The van der Waals surface area contributed by atoms with Crippen LogP contribution in [0.2, 0.25) is 0 Å². The topological polar surface area (TPSA) is 59.7 Å². The maximum Gasteiger partial charge on any atom is 0.341 e. The van der Waals surface area contributed by atoms with Gasteiger partial charge in [-0.15, -0.1) is 0 Å². The highest BCUT2D eigenvalue weighted by Gasteiger charge is 2.07. The summed E-state index contributed by atoms with van der Waals surface area (Å²) in [6, 6.07) is 6.90. The molecule has 0 aliphatic heterocycles. The second-order valence-corrected chi connectivity index (χ2v) is 3.10. The minimum atomic E-state index is -0.533. The van der Waals surface area contributed by atoms with Crippen LogP contribution in [0, 0.1) is 0 Å². The SMILES string of the molecule is COc1cccc2cc(CO)c(=O)oc12. The van der Waals surface area contributed by atoms with Crippen LogP contribution in [-0.4, -0.2) is 12.2 Å². The molecule has 0 radical (unpaired) electrons. The van der Waals surface area contributed by atoms with E-state index in [1.807, 2.05) is 0 Å². The van der Waals surface area contributed by atoms with Crippen molar-refractivity contribution < 1.29 is 14.3 Å². The van der Waals surface area contributed by atoms with Crippen molar-refractivity contribution in [1.29, 1.82) is 0 Å². The quantitative estimate of drug-likeness (QED) is 0.752. The molecule has 0 bridgehead atoms. The van der Waals surface area contributed by atoms with E-state index in [-0.39, 0.29) is 12.2 Å². The Balaban J connectivity index is 2.80. The molecule has 0 unspecified atom stereocenters. The summed E-state index contributed by atoms with van der Waals surface area (Å²) < 4.78 is 10.1. The summed E-state index contributed by atoms with van der Waals surface area (Å²) >= 11 is 0. The zero-order chi connectivity index (χ0) is 10.8. The lowest BCUT2D eigenvalue weighted by Gasteiger charge is -2.04. The molecule has 0 saturated heterocycles. The van der Waals surface area contributed by atoms with Gasteiger partial charge in [0.2, 0.25) is 0 Å². The number of ether oxygens (including phenoxy) is 1. The van der Waals surface area contributed by atoms with Gasteiger partial charge in [0, 0.05) is 5.39 Å². The Labute approximate surface area is 85.7 Å². The van der Waals surface area contributed by atoms with Gasteiger partial charge in [0.05, 0.1) is 19.3 Å². The zero-order valence-corrected chi connectivity index (χ0v) is 8.19. The summed E-state index contributed by atoms with van der Waals surface area (Å²) in [6.07, 6.45) is 0. The van der Waals surface area contributed by atoms with Crippen LogP contribution in [0.25, 0.3) is 11.0 Å². The van der Waals surface area contributed by atoms with E-state index >= 15 is 0 Å². The summed E-state index contributed by atoms with van der Waals surface area (Å²) in [5.74, 6) is 0.508. The maximum absolute atomic E-state index is 11.4. The van der Waals surface area contributed by atoms with Gasteiger partial charge in [-0.1, -0.05) is 12.1 Å². The summed E-state index contributed by atoms with van der Waals surface area (Å²) in [5.41, 5.74) is 0.118. The minimum absolute atomic E-state index is 0.246. The van der Waals surface area contributed by atoms with Crippen molar-refractivity contribution in [2.75, 3.05) is 7.11 Å². The number of fused-ring (bicyclic) bond motifs is 1. The predicted molar refractivity (Wildman–Crippen MR) is 55.0 cm³/mol. The van der Waals surface area contributed by atoms with Crippen LogP contribution in [0.3, 0.4) is 0 Å². The fraction of sp³-hybridized carbons (Fsp3) is 0.182. The van der Waals surface area contributed by atoms with Gasteiger partial charge in [-0.25, -0.2) is 4.79 Å². The first kappa shape index (κ1) is 9.73. The minimum Gasteiger partial charge on any atom is -0.493 e. The van der Waals surface area contributed by atoms with Crippen LogP contribution in [0.1, 0.15) is 5.56 Å². The van der Waals surface area contributed by atoms with Crippen molar-refractivity contribution in [3.05, 3.63) is 40.2 Å². The first-order valence-corrected chi connectivity index (χ1v) is 4.47. The van der Waals surface area contributed by atoms with Crippen LogP contribution < -0.4 is 10.4 Å². The van der Waals surface area contributed by atoms with Crippen molar-refractivity contribution in [3.8, 4) is 5.75 Å². The van der Waals surface area contributed by atoms with Gasteiger partial charge in [-0.2, -0.15) is 0 Å². The number of rotatable bonds is 2. The van der Waals surface area contributed by atoms with Gasteiger partial charge < -0.3 is 14.3 Å². The second kappa shape index (κ2) is 3.74. The van der Waals surface area contributed by atoms with E-state index in [0.29, 0.717) is 11.3 Å². The molecule has 4 heteroatoms. The molecule has 1 heterocycles. The number of hydrogen-bond donors (Lipinski definition) is 1. The van der Waals surface area contributed by atoms with Crippen molar-refractivity contribution >= 4 is 11.0 Å². The van der Waals surface area contributed by atoms with E-state index in [9.17, 15) is 4.79 Å². The smallest absolute Gasteiger partial charge is 0.341 e. The molecule has 0 spiro atoms. The zero-order valence-electron chi connectivity index (χ0n) is 8.19. The average Bonchev–Trinajstić information content (AvgIpc) is 2.27. The molecule has 2 aromatic rings. The summed E-state index contributed by atoms with van der Waals surface area (Å²) in [6.45, 7) is -0.324. The normalized spacial score (nSPS) is 10.5. The third kappa shape index (κ3) is 1.59. The molecule has 15 heavy (non-hydrogen) atoms. The molecule has 0 aliphatic carbocycles. The summed E-state index contributed by atoms with van der Waals surface area (Å²) in [5, 5.41) is 9.65. The molecular formula is C11H10O4. The Bertz CT molecular complexity index is 542. The molecule has 0 amide bonds. The Morgan fingerprint density at radius 3 is 2.93 bits per heavy atom. The summed E-state index contributed by atoms with van der Waals surface area (Å²) in [7, 11) is 1.51. The Kier molecular flexibility index (Phi) is 2.43. The highest BCUT2D eigenvalue weighted by molar-refractivity contribution is 5.82. The maximum atomic E-state index is 11.4. The van der Waals surface area contributed by atoms with Gasteiger partial charge >= 0.3 is 5.63 Å². The number of aliphatic hydroxyl groups is 1. The molecule has 0 aliphatic rings. The van der Waals surface area contributed by atoms with E-state index in [1.54, 1.807) is 24.3 Å². The van der Waals surface area contributed by atoms with Crippen molar-refractivity contribution in [2.24, 2.45) is 0 Å². The Morgan fingerprint density at radius 1 is 1.47 bits per heavy atom. The van der Waals surface area contributed by atoms with Crippen LogP contribution in [0.5, 0.6) is 5.75 Å². The molecule has 0 fully saturated rings. The number of benzene rings is 1. The van der Waals surface area contributed by atoms with E-state index in [2.05, 4.69) is 0 Å². The predicted octanol–water partition coefficient (Wildman–Crippen LogP) is 1.29. The number of hydrogen-bond acceptors (Lipinski definition) is 4. The Hall–Kier alpha value is -1.81. The highest BCUT2D eigenvalue weighted by atomic mass is 16.5. The average molecular weight is 206 g/mol. The molecule has 2 rings (SSSR count). The molecule has 78 valence electrons. The number of methoxy groups -OCH3 is 1. The van der Waals surface area contributed by atoms with Gasteiger partial charge in [0.1, 0.15) is 0 Å². The van der Waals surface area contributed by atoms with Crippen LogP contribution >= 0.6 is 0 Å². The molecule has 0 atom stereocenters. The van der Waals surface area contributed by atoms with Gasteiger partial charge in [0.25, 0.3) is 0 Å². The Morgan fingerprint density at radius 2 is 2.27 bits per heavy atom. The van der Waals surface area contributed by atoms with E-state index in [0.717, 1.165) is 5.39 Å². The standard InChI is InChI=1S/C11H10O4/c1-14-9-4-2-3-7-5-8(6-12)11(13)15-10(7)9/h2-5,12H,6H2,1H3. The number of para-hydroxylation sites is 1. The van der Waals surface area contributed by atoms with Gasteiger partial charge in [-0.05, 0) is 12.1 Å². The number of aliphatic hydroxyl groups excluding tert-OH is 1. The molecule has 4 nitrogen and oxygen atoms in total. The molecular weight excluding hydrogens is 196 g/mol. The fourth-order valence-corrected chi connectivity index (χ4v) is 1.43. The lowest BCUT2D eigenvalue weighted by atomic mass is 10.2. The van der Waals surface area contributed by atoms with Crippen molar-refractivity contribution in [3.63, 3.8) is 0 Å². The van der Waals surface area contributed by atoms with Gasteiger partial charge in [0.15, 0.2) is 11.3 Å². The fourth-order valence-electron chi connectivity index (χ4n) is 1.43. The van der Waals surface area contributed by atoms with E-state index < -0.39 is 5.63 Å². The van der Waals surface area contributed by atoms with Crippen LogP contribution in [0.4, 0.5) is 0 Å². The van der Waals surface area contributed by atoms with E-state index in [1.165, 1.54) is 7.11 Å². The summed E-state index contributed by atoms with van der Waals surface area (Å²) in [4.78, 5) is 11.4. The molecule has 1 aromatic heterocycles. The third-order valence-electron chi connectivity index (χ3n) is 2.19. The molecule has 1 N–H and O–H groups in total. The first-order valence-electron chi connectivity index (χ1n) is 4.47. The highest BCUT2D eigenvalue weighted by Crippen LogP contribution is 2.24. The van der Waals surface area contributed by atoms with E-state index in [4.69, 9.17) is 14.3 Å². The monoisotopic (exact) mass is 206 g/mol. The van der Waals surface area contributed by atoms with Crippen LogP contribution in [0.15, 0.2) is 33.5 Å². The molecule has 0 saturated carbocycles. The van der Waals surface area contributed by atoms with Crippen LogP contribution in [-0.2, 0) is 6.61 Å². The molecule has 1 aromatic carbocycles. The lowest BCUT2D eigenvalue weighted by Crippen LogP contribution is -2.06. The lowest BCUT2D eigenvalue weighted by molar-refractivity contribution is 0.276. The second-order valence-electron chi connectivity index (χ2n) is 3.10. The van der Waals surface area contributed by atoms with Crippen molar-refractivity contribution in [2.45, 2.75) is 6.61 Å². The third-order valence-corrected chi connectivity index (χ3v) is 2.19. The largest absolute Gasteiger partial charge is 0.493 e. The van der Waals surface area contributed by atoms with Crippen molar-refractivity contribution in [1.82, 2.24) is 0 Å². The first-order chi connectivity index (χ1) is 7.26. The van der Waals surface area contributed by atoms with Gasteiger partial charge in [-0.3, -0.25) is 0 Å².